The summed E-state index contributed by atoms with van der Waals surface area (Å²) in [7, 11) is 4.07. The molecule has 3 aromatic rings. The van der Waals surface area contributed by atoms with E-state index in [9.17, 15) is 0 Å². The van der Waals surface area contributed by atoms with Crippen LogP contribution < -0.4 is 21.7 Å². The Morgan fingerprint density at radius 1 is 1.19 bits per heavy atom. The molecule has 0 atom stereocenters. The number of benzene rings is 1. The largest absolute Gasteiger partial charge is 0.382 e. The van der Waals surface area contributed by atoms with Gasteiger partial charge in [0.2, 0.25) is 0 Å². The smallest absolute Gasteiger partial charge is 0.177 e. The molecule has 142 valence electrons. The van der Waals surface area contributed by atoms with Gasteiger partial charge in [-0.25, -0.2) is 9.50 Å². The van der Waals surface area contributed by atoms with Crippen LogP contribution in [0.4, 0.5) is 22.9 Å². The molecule has 0 unspecified atom stereocenters. The number of nitrogens with one attached hydrogen (secondary N) is 1. The molecule has 27 heavy (non-hydrogen) atoms. The van der Waals surface area contributed by atoms with Crippen LogP contribution in [-0.4, -0.2) is 34.7 Å². The number of imidazole rings is 1. The van der Waals surface area contributed by atoms with Crippen LogP contribution in [-0.2, 0) is 0 Å². The first-order chi connectivity index (χ1) is 13.0. The van der Waals surface area contributed by atoms with Crippen LogP contribution in [0.2, 0.25) is 0 Å². The molecule has 0 bridgehead atoms. The minimum absolute atomic E-state index is 0.291. The highest BCUT2D eigenvalue weighted by Gasteiger charge is 2.27. The van der Waals surface area contributed by atoms with Crippen molar-refractivity contribution in [3.63, 3.8) is 0 Å². The van der Waals surface area contributed by atoms with E-state index in [1.165, 1.54) is 0 Å². The maximum atomic E-state index is 6.40. The third kappa shape index (κ3) is 3.42. The fourth-order valence-corrected chi connectivity index (χ4v) is 3.93. The molecule has 0 amide bonds. The zero-order valence-electron chi connectivity index (χ0n) is 15.9. The molecular weight excluding hydrogens is 338 g/mol. The van der Waals surface area contributed by atoms with Crippen LogP contribution in [0.25, 0.3) is 5.65 Å². The molecule has 7 nitrogen and oxygen atoms in total. The van der Waals surface area contributed by atoms with E-state index in [-0.39, 0.29) is 0 Å². The number of fused-ring (bicyclic) bond motifs is 1. The van der Waals surface area contributed by atoms with E-state index in [1.54, 1.807) is 10.7 Å². The molecule has 1 aliphatic carbocycles. The number of hydrogen-bond donors (Lipinski definition) is 3. The van der Waals surface area contributed by atoms with Gasteiger partial charge in [0, 0.05) is 49.5 Å². The van der Waals surface area contributed by atoms with Crippen molar-refractivity contribution in [3.8, 4) is 0 Å². The lowest BCUT2D eigenvalue weighted by molar-refractivity contribution is 0.396. The van der Waals surface area contributed by atoms with Crippen LogP contribution in [0, 0.1) is 0 Å². The van der Waals surface area contributed by atoms with Gasteiger partial charge in [-0.15, -0.1) is 5.10 Å². The van der Waals surface area contributed by atoms with E-state index in [1.807, 2.05) is 26.4 Å². The Labute approximate surface area is 159 Å². The molecule has 4 rings (SSSR count). The molecule has 1 fully saturated rings. The van der Waals surface area contributed by atoms with Gasteiger partial charge < -0.3 is 21.7 Å². The first-order valence-corrected chi connectivity index (χ1v) is 9.45. The predicted octanol–water partition coefficient (Wildman–Crippen LogP) is 3.11. The highest BCUT2D eigenvalue weighted by molar-refractivity contribution is 5.81. The maximum Gasteiger partial charge on any atom is 0.177 e. The van der Waals surface area contributed by atoms with Crippen molar-refractivity contribution >= 4 is 28.5 Å². The fraction of sp³-hybridized carbons (Fsp3) is 0.400. The second-order valence-electron chi connectivity index (χ2n) is 7.55. The van der Waals surface area contributed by atoms with E-state index >= 15 is 0 Å². The van der Waals surface area contributed by atoms with E-state index < -0.39 is 0 Å². The van der Waals surface area contributed by atoms with Gasteiger partial charge in [-0.3, -0.25) is 0 Å². The summed E-state index contributed by atoms with van der Waals surface area (Å²) in [5, 5.41) is 8.12. The third-order valence-corrected chi connectivity index (χ3v) is 5.42. The molecule has 7 heteroatoms. The third-order valence-electron chi connectivity index (χ3n) is 5.42. The van der Waals surface area contributed by atoms with Crippen LogP contribution in [0.1, 0.15) is 37.2 Å². The Balaban J connectivity index is 1.79. The van der Waals surface area contributed by atoms with Gasteiger partial charge in [0.05, 0.1) is 5.69 Å². The second-order valence-corrected chi connectivity index (χ2v) is 7.55. The molecule has 0 saturated heterocycles. The van der Waals surface area contributed by atoms with Crippen LogP contribution >= 0.6 is 0 Å². The average Bonchev–Trinajstić information content (AvgIpc) is 3.11. The topological polar surface area (TPSA) is 97.5 Å². The number of nitrogens with two attached hydrogens (primary N) is 2. The molecule has 1 aromatic carbocycles. The van der Waals surface area contributed by atoms with Gasteiger partial charge in [0.25, 0.3) is 0 Å². The van der Waals surface area contributed by atoms with Crippen molar-refractivity contribution in [2.75, 3.05) is 30.0 Å². The maximum absolute atomic E-state index is 6.40. The highest BCUT2D eigenvalue weighted by atomic mass is 15.3. The van der Waals surface area contributed by atoms with Crippen molar-refractivity contribution < 1.29 is 0 Å². The van der Waals surface area contributed by atoms with Crippen molar-refractivity contribution in [1.29, 1.82) is 0 Å². The summed E-state index contributed by atoms with van der Waals surface area (Å²) >= 11 is 0. The minimum atomic E-state index is 0.291. The number of nitrogen functional groups attached to an aromatic ring is 1. The SMILES string of the molecule is CN(C)c1cccc(Nc2c(C3CCC(N)CC3)c(N)nn3ccnc23)c1. The van der Waals surface area contributed by atoms with Gasteiger partial charge in [0.1, 0.15) is 5.82 Å². The van der Waals surface area contributed by atoms with E-state index in [0.717, 1.165) is 54.0 Å². The van der Waals surface area contributed by atoms with Crippen molar-refractivity contribution in [3.05, 3.63) is 42.2 Å². The average molecular weight is 365 g/mol. The summed E-state index contributed by atoms with van der Waals surface area (Å²) in [6.45, 7) is 0. The van der Waals surface area contributed by atoms with E-state index in [0.29, 0.717) is 17.8 Å². The summed E-state index contributed by atoms with van der Waals surface area (Å²) in [5.41, 5.74) is 17.5. The van der Waals surface area contributed by atoms with Crippen LogP contribution in [0.15, 0.2) is 36.7 Å². The summed E-state index contributed by atoms with van der Waals surface area (Å²) in [5.74, 6) is 0.908. The fourth-order valence-electron chi connectivity index (χ4n) is 3.93. The Morgan fingerprint density at radius 3 is 2.70 bits per heavy atom. The van der Waals surface area contributed by atoms with Crippen molar-refractivity contribution in [1.82, 2.24) is 14.6 Å². The zero-order chi connectivity index (χ0) is 19.0. The number of anilines is 4. The molecular formula is C20H27N7. The summed E-state index contributed by atoms with van der Waals surface area (Å²) in [6.07, 6.45) is 7.66. The summed E-state index contributed by atoms with van der Waals surface area (Å²) in [6, 6.07) is 8.60. The van der Waals surface area contributed by atoms with E-state index in [2.05, 4.69) is 38.5 Å². The number of hydrogen-bond acceptors (Lipinski definition) is 6. The molecule has 2 aromatic heterocycles. The van der Waals surface area contributed by atoms with Gasteiger partial charge >= 0.3 is 0 Å². The van der Waals surface area contributed by atoms with Gasteiger partial charge in [-0.1, -0.05) is 6.07 Å². The van der Waals surface area contributed by atoms with Crippen LogP contribution in [0.5, 0.6) is 0 Å². The molecule has 2 heterocycles. The standard InChI is InChI=1S/C20H27N7/c1-26(2)16-5-3-4-15(12-16)24-18-17(13-6-8-14(21)9-7-13)19(22)25-27-11-10-23-20(18)27/h3-5,10-14,24H,6-9,21H2,1-2H3,(H2,22,25). The lowest BCUT2D eigenvalue weighted by Gasteiger charge is -2.29. The lowest BCUT2D eigenvalue weighted by atomic mass is 9.81. The Bertz CT molecular complexity index is 939. The first kappa shape index (κ1) is 17.6. The highest BCUT2D eigenvalue weighted by Crippen LogP contribution is 2.41. The second kappa shape index (κ2) is 7.08. The lowest BCUT2D eigenvalue weighted by Crippen LogP contribution is -2.26. The summed E-state index contributed by atoms with van der Waals surface area (Å²) < 4.78 is 1.74. The van der Waals surface area contributed by atoms with Crippen LogP contribution in [0.3, 0.4) is 0 Å². The molecule has 0 spiro atoms. The number of aromatic nitrogens is 3. The minimum Gasteiger partial charge on any atom is -0.382 e. The summed E-state index contributed by atoms with van der Waals surface area (Å²) in [4.78, 5) is 6.62. The Morgan fingerprint density at radius 2 is 1.96 bits per heavy atom. The van der Waals surface area contributed by atoms with E-state index in [4.69, 9.17) is 11.5 Å². The monoisotopic (exact) mass is 365 g/mol. The van der Waals surface area contributed by atoms with Crippen molar-refractivity contribution in [2.24, 2.45) is 5.73 Å². The molecule has 0 aliphatic heterocycles. The van der Waals surface area contributed by atoms with Gasteiger partial charge in [-0.05, 0) is 49.8 Å². The number of rotatable bonds is 4. The molecule has 5 N–H and O–H groups in total. The Hall–Kier alpha value is -2.80. The molecule has 1 aliphatic rings. The molecule has 1 saturated carbocycles. The van der Waals surface area contributed by atoms with Crippen molar-refractivity contribution in [2.45, 2.75) is 37.6 Å². The first-order valence-electron chi connectivity index (χ1n) is 9.45. The predicted molar refractivity (Wildman–Crippen MR) is 111 cm³/mol. The Kier molecular flexibility index (Phi) is 4.61. The molecule has 0 radical (unpaired) electrons. The number of nitrogens with zero attached hydrogens (tertiary/aromatic N) is 4. The normalized spacial score (nSPS) is 20.0. The van der Waals surface area contributed by atoms with Gasteiger partial charge in [-0.2, -0.15) is 0 Å². The van der Waals surface area contributed by atoms with Gasteiger partial charge in [0.15, 0.2) is 5.65 Å². The quantitative estimate of drug-likeness (QED) is 0.657. The zero-order valence-corrected chi connectivity index (χ0v) is 15.9.